The molecule has 0 fully saturated rings. The van der Waals surface area contributed by atoms with Crippen molar-refractivity contribution in [2.45, 2.75) is 39.5 Å². The molecule has 1 atom stereocenters. The topological polar surface area (TPSA) is 134 Å². The second-order valence-electron chi connectivity index (χ2n) is 8.71. The van der Waals surface area contributed by atoms with Crippen molar-refractivity contribution in [2.24, 2.45) is 11.7 Å². The van der Waals surface area contributed by atoms with Crippen LogP contribution in [0.2, 0.25) is 0 Å². The predicted octanol–water partition coefficient (Wildman–Crippen LogP) is 5.87. The first kappa shape index (κ1) is 27.4. The monoisotopic (exact) mass is 502 g/mol. The third kappa shape index (κ3) is 6.95. The van der Waals surface area contributed by atoms with Gasteiger partial charge in [-0.25, -0.2) is 14.5 Å². The van der Waals surface area contributed by atoms with Gasteiger partial charge in [0, 0.05) is 0 Å². The molecule has 1 heterocycles. The highest BCUT2D eigenvalue weighted by Gasteiger charge is 2.19. The number of phenols is 2. The number of carbonyl (C=O) groups is 1. The van der Waals surface area contributed by atoms with Crippen LogP contribution in [0.4, 0.5) is 0 Å². The van der Waals surface area contributed by atoms with E-state index in [1.54, 1.807) is 54.6 Å². The number of hydrogen-bond donors (Lipinski definition) is 4. The number of hydrogen-bond acceptors (Lipinski definition) is 6. The van der Waals surface area contributed by atoms with Crippen molar-refractivity contribution in [2.75, 3.05) is 6.54 Å². The van der Waals surface area contributed by atoms with E-state index in [4.69, 9.17) is 10.8 Å². The fourth-order valence-corrected chi connectivity index (χ4v) is 3.83. The van der Waals surface area contributed by atoms with Crippen LogP contribution in [0.3, 0.4) is 0 Å². The van der Waals surface area contributed by atoms with Gasteiger partial charge in [0.25, 0.3) is 0 Å². The number of nitrogens with zero attached hydrogens (tertiary/aromatic N) is 3. The number of aromatic hydroxyl groups is 2. The standard InChI is InChI=1S/C21H15N3O4.C8H19N/c25-17-7-3-1-5-15(17)19-22-20(16-6-2-4-8-18(16)26)24(23-19)14-11-9-13(10-12-14)21(27)28;1-3-5-6-8(4-2)7-9/h1-12,25-26H,(H,27,28);8H,3-7,9H2,1-2H3. The Kier molecular flexibility index (Phi) is 9.80. The zero-order chi connectivity index (χ0) is 26.8. The zero-order valence-corrected chi connectivity index (χ0v) is 21.2. The van der Waals surface area contributed by atoms with Crippen LogP contribution in [0.15, 0.2) is 72.8 Å². The number of benzene rings is 3. The Morgan fingerprint density at radius 3 is 2.03 bits per heavy atom. The summed E-state index contributed by atoms with van der Waals surface area (Å²) in [5.41, 5.74) is 7.14. The molecule has 37 heavy (non-hydrogen) atoms. The molecule has 0 amide bonds. The smallest absolute Gasteiger partial charge is 0.335 e. The van der Waals surface area contributed by atoms with Gasteiger partial charge >= 0.3 is 5.97 Å². The summed E-state index contributed by atoms with van der Waals surface area (Å²) in [5, 5.41) is 34.0. The van der Waals surface area contributed by atoms with Crippen molar-refractivity contribution < 1.29 is 20.1 Å². The Morgan fingerprint density at radius 1 is 0.919 bits per heavy atom. The largest absolute Gasteiger partial charge is 0.507 e. The molecule has 3 aromatic carbocycles. The number of unbranched alkanes of at least 4 members (excludes halogenated alkanes) is 1. The highest BCUT2D eigenvalue weighted by Crippen LogP contribution is 2.33. The van der Waals surface area contributed by atoms with Gasteiger partial charge in [-0.1, -0.05) is 57.4 Å². The van der Waals surface area contributed by atoms with Gasteiger partial charge in [-0.3, -0.25) is 0 Å². The molecule has 0 aliphatic heterocycles. The SMILES string of the molecule is CCCCC(CC)CN.O=C(O)c1ccc(-n2nc(-c3ccccc3O)nc2-c2ccccc2O)cc1. The Balaban J connectivity index is 0.000000364. The Bertz CT molecular complexity index is 1300. The van der Waals surface area contributed by atoms with Crippen LogP contribution in [0, 0.1) is 5.92 Å². The second kappa shape index (κ2) is 13.2. The molecule has 4 rings (SSSR count). The van der Waals surface area contributed by atoms with Gasteiger partial charge in [-0.05, 0) is 67.4 Å². The number of rotatable bonds is 9. The van der Waals surface area contributed by atoms with Crippen LogP contribution in [0.1, 0.15) is 49.9 Å². The lowest BCUT2D eigenvalue weighted by molar-refractivity contribution is 0.0697. The van der Waals surface area contributed by atoms with E-state index >= 15 is 0 Å². The molecular formula is C29H34N4O4. The first-order valence-corrected chi connectivity index (χ1v) is 12.5. The molecule has 0 saturated carbocycles. The number of phenolic OH excluding ortho intramolecular Hbond substituents is 2. The zero-order valence-electron chi connectivity index (χ0n) is 21.2. The highest BCUT2D eigenvalue weighted by molar-refractivity contribution is 5.87. The molecule has 8 nitrogen and oxygen atoms in total. The number of aromatic carboxylic acids is 1. The number of para-hydroxylation sites is 2. The van der Waals surface area contributed by atoms with E-state index in [1.807, 2.05) is 0 Å². The quantitative estimate of drug-likeness (QED) is 0.225. The van der Waals surface area contributed by atoms with E-state index in [9.17, 15) is 15.0 Å². The first-order chi connectivity index (χ1) is 17.9. The summed E-state index contributed by atoms with van der Waals surface area (Å²) in [6.07, 6.45) is 5.21. The van der Waals surface area contributed by atoms with Crippen molar-refractivity contribution in [3.63, 3.8) is 0 Å². The van der Waals surface area contributed by atoms with Gasteiger partial charge in [-0.2, -0.15) is 0 Å². The van der Waals surface area contributed by atoms with E-state index in [2.05, 4.69) is 23.9 Å². The lowest BCUT2D eigenvalue weighted by atomic mass is 10.00. The van der Waals surface area contributed by atoms with E-state index in [0.29, 0.717) is 22.6 Å². The van der Waals surface area contributed by atoms with Gasteiger partial charge in [-0.15, -0.1) is 5.10 Å². The molecule has 194 valence electrons. The van der Waals surface area contributed by atoms with Crippen molar-refractivity contribution >= 4 is 5.97 Å². The molecule has 0 spiro atoms. The van der Waals surface area contributed by atoms with E-state index in [1.165, 1.54) is 48.6 Å². The van der Waals surface area contributed by atoms with Crippen molar-refractivity contribution in [3.05, 3.63) is 78.4 Å². The van der Waals surface area contributed by atoms with Gasteiger partial charge in [0.2, 0.25) is 0 Å². The van der Waals surface area contributed by atoms with Gasteiger partial charge in [0.05, 0.1) is 22.4 Å². The fraction of sp³-hybridized carbons (Fsp3) is 0.276. The summed E-state index contributed by atoms with van der Waals surface area (Å²) in [4.78, 5) is 15.6. The van der Waals surface area contributed by atoms with Gasteiger partial charge in [0.1, 0.15) is 11.5 Å². The first-order valence-electron chi connectivity index (χ1n) is 12.5. The molecule has 0 aliphatic carbocycles. The summed E-state index contributed by atoms with van der Waals surface area (Å²) in [5.74, 6) is 0.454. The minimum absolute atomic E-state index is 0.0298. The van der Waals surface area contributed by atoms with E-state index < -0.39 is 5.97 Å². The minimum atomic E-state index is -1.03. The lowest BCUT2D eigenvalue weighted by Gasteiger charge is -2.09. The third-order valence-electron chi connectivity index (χ3n) is 6.13. The average Bonchev–Trinajstić information content (AvgIpc) is 3.35. The molecule has 1 aromatic heterocycles. The van der Waals surface area contributed by atoms with Crippen LogP contribution >= 0.6 is 0 Å². The summed E-state index contributed by atoms with van der Waals surface area (Å²) >= 11 is 0. The van der Waals surface area contributed by atoms with Crippen molar-refractivity contribution in [3.8, 4) is 40.0 Å². The molecule has 0 saturated heterocycles. The maximum atomic E-state index is 11.1. The van der Waals surface area contributed by atoms with Crippen LogP contribution in [-0.4, -0.2) is 42.6 Å². The Morgan fingerprint density at radius 2 is 1.51 bits per heavy atom. The van der Waals surface area contributed by atoms with Crippen LogP contribution < -0.4 is 5.73 Å². The summed E-state index contributed by atoms with van der Waals surface area (Å²) in [6, 6.07) is 19.5. The van der Waals surface area contributed by atoms with E-state index in [0.717, 1.165) is 12.5 Å². The van der Waals surface area contributed by atoms with Gasteiger partial charge < -0.3 is 21.1 Å². The number of nitrogens with two attached hydrogens (primary N) is 1. The second-order valence-corrected chi connectivity index (χ2v) is 8.71. The van der Waals surface area contributed by atoms with Crippen molar-refractivity contribution in [1.82, 2.24) is 14.8 Å². The molecular weight excluding hydrogens is 468 g/mol. The lowest BCUT2D eigenvalue weighted by Crippen LogP contribution is -2.12. The highest BCUT2D eigenvalue weighted by atomic mass is 16.4. The number of aromatic nitrogens is 3. The molecule has 1 unspecified atom stereocenters. The summed E-state index contributed by atoms with van der Waals surface area (Å²) in [6.45, 7) is 5.31. The summed E-state index contributed by atoms with van der Waals surface area (Å²) < 4.78 is 1.50. The third-order valence-corrected chi connectivity index (χ3v) is 6.13. The van der Waals surface area contributed by atoms with Crippen LogP contribution in [0.25, 0.3) is 28.5 Å². The van der Waals surface area contributed by atoms with Crippen LogP contribution in [-0.2, 0) is 0 Å². The molecule has 5 N–H and O–H groups in total. The molecule has 8 heteroatoms. The molecule has 0 bridgehead atoms. The minimum Gasteiger partial charge on any atom is -0.507 e. The van der Waals surface area contributed by atoms with E-state index in [-0.39, 0.29) is 22.9 Å². The normalized spacial score (nSPS) is 11.4. The number of carboxylic acids is 1. The predicted molar refractivity (Wildman–Crippen MR) is 145 cm³/mol. The Hall–Kier alpha value is -4.17. The maximum Gasteiger partial charge on any atom is 0.335 e. The molecule has 0 radical (unpaired) electrons. The summed E-state index contributed by atoms with van der Waals surface area (Å²) in [7, 11) is 0. The molecule has 4 aromatic rings. The molecule has 0 aliphatic rings. The Labute approximate surface area is 217 Å². The maximum absolute atomic E-state index is 11.1. The van der Waals surface area contributed by atoms with Crippen LogP contribution in [0.5, 0.6) is 11.5 Å². The van der Waals surface area contributed by atoms with Gasteiger partial charge in [0.15, 0.2) is 11.6 Å². The number of carboxylic acid groups (broad SMARTS) is 1. The van der Waals surface area contributed by atoms with Crippen molar-refractivity contribution in [1.29, 1.82) is 0 Å². The average molecular weight is 503 g/mol. The fourth-order valence-electron chi connectivity index (χ4n) is 3.83.